The number of hydrogen-bond acceptors (Lipinski definition) is 9. The third-order valence-electron chi connectivity index (χ3n) is 7.07. The molecule has 0 spiro atoms. The molecule has 11 nitrogen and oxygen atoms in total. The number of pyridine rings is 1. The molecular formula is C27H23ClFN7O4. The Morgan fingerprint density at radius 2 is 1.93 bits per heavy atom. The molecule has 3 heterocycles. The van der Waals surface area contributed by atoms with E-state index < -0.39 is 17.3 Å². The lowest BCUT2D eigenvalue weighted by molar-refractivity contribution is -0.124. The molecule has 2 N–H and O–H groups in total. The summed E-state index contributed by atoms with van der Waals surface area (Å²) in [6.07, 6.45) is 6.64. The van der Waals surface area contributed by atoms with Gasteiger partial charge in [-0.15, -0.1) is 0 Å². The molecule has 40 heavy (non-hydrogen) atoms. The first kappa shape index (κ1) is 25.8. The number of carbonyl (C=O) groups is 2. The van der Waals surface area contributed by atoms with Crippen molar-refractivity contribution in [2.45, 2.75) is 44.2 Å². The zero-order valence-corrected chi connectivity index (χ0v) is 22.3. The second-order valence-corrected chi connectivity index (χ2v) is 10.2. The van der Waals surface area contributed by atoms with E-state index in [-0.39, 0.29) is 39.9 Å². The molecule has 0 aliphatic heterocycles. The Morgan fingerprint density at radius 1 is 1.15 bits per heavy atom. The number of amides is 2. The molecule has 204 valence electrons. The van der Waals surface area contributed by atoms with Gasteiger partial charge in [0.1, 0.15) is 11.4 Å². The Hall–Kier alpha value is -4.45. The predicted octanol–water partition coefficient (Wildman–Crippen LogP) is 3.76. The molecule has 0 bridgehead atoms. The summed E-state index contributed by atoms with van der Waals surface area (Å²) in [6.45, 7) is 1.63. The number of nitrogens with one attached hydrogen (secondary N) is 2. The van der Waals surface area contributed by atoms with E-state index in [4.69, 9.17) is 20.9 Å². The van der Waals surface area contributed by atoms with E-state index in [1.165, 1.54) is 25.6 Å². The Balaban J connectivity index is 1.20. The molecule has 0 saturated heterocycles. The number of methoxy groups -OCH3 is 1. The van der Waals surface area contributed by atoms with Gasteiger partial charge in [0.25, 0.3) is 5.91 Å². The largest absolute Gasteiger partial charge is 0.467 e. The van der Waals surface area contributed by atoms with Crippen LogP contribution in [-0.2, 0) is 11.2 Å². The van der Waals surface area contributed by atoms with Crippen molar-refractivity contribution in [3.8, 4) is 28.5 Å². The fourth-order valence-corrected chi connectivity index (χ4v) is 5.05. The van der Waals surface area contributed by atoms with Crippen LogP contribution in [-0.4, -0.2) is 49.6 Å². The monoisotopic (exact) mass is 563 g/mol. The van der Waals surface area contributed by atoms with E-state index in [0.717, 1.165) is 11.3 Å². The van der Waals surface area contributed by atoms with E-state index in [1.54, 1.807) is 19.2 Å². The van der Waals surface area contributed by atoms with Crippen molar-refractivity contribution in [1.82, 2.24) is 35.7 Å². The van der Waals surface area contributed by atoms with Crippen LogP contribution in [0.2, 0.25) is 5.02 Å². The van der Waals surface area contributed by atoms with E-state index in [1.807, 2.05) is 6.07 Å². The maximum atomic E-state index is 15.0. The number of halogens is 2. The van der Waals surface area contributed by atoms with Gasteiger partial charge in [-0.05, 0) is 55.0 Å². The maximum Gasteiger partial charge on any atom is 0.316 e. The number of hydrogen-bond donors (Lipinski definition) is 2. The average Bonchev–Trinajstić information content (AvgIpc) is 3.43. The summed E-state index contributed by atoms with van der Waals surface area (Å²) in [6, 6.07) is 4.57. The summed E-state index contributed by atoms with van der Waals surface area (Å²) in [7, 11) is 1.43. The van der Waals surface area contributed by atoms with Gasteiger partial charge in [-0.2, -0.15) is 4.98 Å². The van der Waals surface area contributed by atoms with Crippen LogP contribution in [0.1, 0.15) is 52.8 Å². The standard InChI is InChI=1S/C27H23ClFN7O4/c1-13-33-23(36-40-13)21-18(8-17(28)9-19(21)29)15-7-14-3-4-20(22(14)30-10-15)34-25(38)27(5-6-27)35-24(37)16-11-31-26(39-2)32-12-16/h7-12,20H,3-6H2,1-2H3,(H,34,38)(H,35,37). The van der Waals surface area contributed by atoms with Crippen molar-refractivity contribution in [2.24, 2.45) is 0 Å². The van der Waals surface area contributed by atoms with Gasteiger partial charge >= 0.3 is 6.01 Å². The smallest absolute Gasteiger partial charge is 0.316 e. The molecular weight excluding hydrogens is 541 g/mol. The second-order valence-electron chi connectivity index (χ2n) is 9.77. The molecule has 1 aromatic carbocycles. The molecule has 1 atom stereocenters. The predicted molar refractivity (Wildman–Crippen MR) is 140 cm³/mol. The van der Waals surface area contributed by atoms with Crippen LogP contribution in [0.3, 0.4) is 0 Å². The average molecular weight is 564 g/mol. The highest BCUT2D eigenvalue weighted by Gasteiger charge is 2.52. The van der Waals surface area contributed by atoms with Crippen LogP contribution in [0.25, 0.3) is 22.5 Å². The summed E-state index contributed by atoms with van der Waals surface area (Å²) in [5, 5.41) is 9.97. The first-order chi connectivity index (χ1) is 19.3. The Labute approximate surface area is 232 Å². The SMILES string of the molecule is COc1ncc(C(=O)NC2(C(=O)NC3CCc4cc(-c5cc(Cl)cc(F)c5-c5noc(C)n5)cnc43)CC2)cn1. The highest BCUT2D eigenvalue weighted by molar-refractivity contribution is 6.31. The van der Waals surface area contributed by atoms with Gasteiger partial charge in [0.2, 0.25) is 17.6 Å². The van der Waals surface area contributed by atoms with Crippen LogP contribution in [0.15, 0.2) is 41.3 Å². The van der Waals surface area contributed by atoms with E-state index in [0.29, 0.717) is 42.7 Å². The highest BCUT2D eigenvalue weighted by Crippen LogP contribution is 2.40. The first-order valence-corrected chi connectivity index (χ1v) is 12.9. The molecule has 13 heteroatoms. The van der Waals surface area contributed by atoms with Crippen molar-refractivity contribution in [1.29, 1.82) is 0 Å². The molecule has 2 aliphatic rings. The van der Waals surface area contributed by atoms with Crippen molar-refractivity contribution in [3.63, 3.8) is 0 Å². The molecule has 1 fully saturated rings. The van der Waals surface area contributed by atoms with E-state index >= 15 is 4.39 Å². The van der Waals surface area contributed by atoms with Crippen LogP contribution >= 0.6 is 11.6 Å². The Morgan fingerprint density at radius 3 is 2.60 bits per heavy atom. The fourth-order valence-electron chi connectivity index (χ4n) is 4.85. The van der Waals surface area contributed by atoms with Crippen LogP contribution < -0.4 is 15.4 Å². The Kier molecular flexibility index (Phi) is 6.41. The molecule has 1 saturated carbocycles. The van der Waals surface area contributed by atoms with Gasteiger partial charge in [0.15, 0.2) is 0 Å². The van der Waals surface area contributed by atoms with Crippen LogP contribution in [0, 0.1) is 12.7 Å². The lowest BCUT2D eigenvalue weighted by Gasteiger charge is -2.21. The summed E-state index contributed by atoms with van der Waals surface area (Å²) in [4.78, 5) is 42.7. The van der Waals surface area contributed by atoms with Gasteiger partial charge in [0.05, 0.1) is 30.0 Å². The van der Waals surface area contributed by atoms with Crippen molar-refractivity contribution in [2.75, 3.05) is 7.11 Å². The van der Waals surface area contributed by atoms with E-state index in [2.05, 4.69) is 35.7 Å². The second kappa shape index (κ2) is 9.94. The molecule has 0 radical (unpaired) electrons. The quantitative estimate of drug-likeness (QED) is 0.343. The number of rotatable bonds is 7. The van der Waals surface area contributed by atoms with Gasteiger partial charge in [-0.1, -0.05) is 16.8 Å². The minimum atomic E-state index is -0.990. The zero-order chi connectivity index (χ0) is 28.0. The van der Waals surface area contributed by atoms with Crippen molar-refractivity contribution in [3.05, 3.63) is 70.3 Å². The minimum Gasteiger partial charge on any atom is -0.467 e. The van der Waals surface area contributed by atoms with Crippen molar-refractivity contribution >= 4 is 23.4 Å². The van der Waals surface area contributed by atoms with Gasteiger partial charge in [-0.3, -0.25) is 14.6 Å². The van der Waals surface area contributed by atoms with E-state index in [9.17, 15) is 9.59 Å². The third kappa shape index (κ3) is 4.75. The number of ether oxygens (including phenoxy) is 1. The number of carbonyl (C=O) groups excluding carboxylic acids is 2. The lowest BCUT2D eigenvalue weighted by atomic mass is 9.98. The molecule has 4 aromatic rings. The summed E-state index contributed by atoms with van der Waals surface area (Å²) in [5.41, 5.74) is 2.17. The van der Waals surface area contributed by atoms with Gasteiger partial charge < -0.3 is 19.9 Å². The first-order valence-electron chi connectivity index (χ1n) is 12.5. The van der Waals surface area contributed by atoms with Crippen molar-refractivity contribution < 1.29 is 23.2 Å². The highest BCUT2D eigenvalue weighted by atomic mass is 35.5. The third-order valence-corrected chi connectivity index (χ3v) is 7.28. The molecule has 2 amide bonds. The lowest BCUT2D eigenvalue weighted by Crippen LogP contribution is -2.49. The molecule has 1 unspecified atom stereocenters. The fraction of sp³-hybridized carbons (Fsp3) is 0.296. The summed E-state index contributed by atoms with van der Waals surface area (Å²) < 4.78 is 25.0. The normalized spacial score (nSPS) is 16.8. The number of fused-ring (bicyclic) bond motifs is 1. The zero-order valence-electron chi connectivity index (χ0n) is 21.5. The summed E-state index contributed by atoms with van der Waals surface area (Å²) >= 11 is 6.19. The van der Waals surface area contributed by atoms with Gasteiger partial charge in [-0.25, -0.2) is 14.4 Å². The molecule has 2 aliphatic carbocycles. The number of aromatic nitrogens is 5. The summed E-state index contributed by atoms with van der Waals surface area (Å²) in [5.74, 6) is -0.864. The topological polar surface area (TPSA) is 145 Å². The maximum absolute atomic E-state index is 15.0. The number of benzene rings is 1. The Bertz CT molecular complexity index is 1640. The van der Waals surface area contributed by atoms with Crippen LogP contribution in [0.4, 0.5) is 4.39 Å². The van der Waals surface area contributed by atoms with Gasteiger partial charge in [0, 0.05) is 36.1 Å². The molecule has 6 rings (SSSR count). The molecule has 3 aromatic heterocycles. The number of aryl methyl sites for hydroxylation is 2. The minimum absolute atomic E-state index is 0.116. The van der Waals surface area contributed by atoms with Crippen LogP contribution in [0.5, 0.6) is 6.01 Å². The number of nitrogens with zero attached hydrogens (tertiary/aromatic N) is 5.